The zero-order valence-corrected chi connectivity index (χ0v) is 12.1. The van der Waals surface area contributed by atoms with Crippen molar-refractivity contribution in [3.8, 4) is 11.5 Å². The summed E-state index contributed by atoms with van der Waals surface area (Å²) < 4.78 is 10.8. The third-order valence-electron chi connectivity index (χ3n) is 2.94. The molecular weight excluding hydrogens is 252 g/mol. The average molecular weight is 272 g/mol. The zero-order valence-electron chi connectivity index (χ0n) is 12.1. The molecule has 0 amide bonds. The van der Waals surface area contributed by atoms with Gasteiger partial charge in [0, 0.05) is 12.2 Å². The second kappa shape index (κ2) is 6.80. The van der Waals surface area contributed by atoms with Crippen LogP contribution in [0.25, 0.3) is 0 Å². The lowest BCUT2D eigenvalue weighted by Gasteiger charge is -2.12. The first-order valence-corrected chi connectivity index (χ1v) is 6.69. The monoisotopic (exact) mass is 272 g/mol. The Kier molecular flexibility index (Phi) is 4.82. The van der Waals surface area contributed by atoms with Crippen LogP contribution < -0.4 is 14.8 Å². The Morgan fingerprint density at radius 1 is 1.15 bits per heavy atom. The van der Waals surface area contributed by atoms with Crippen LogP contribution in [0.5, 0.6) is 11.5 Å². The van der Waals surface area contributed by atoms with Crippen molar-refractivity contribution in [2.24, 2.45) is 0 Å². The number of anilines is 1. The highest BCUT2D eigenvalue weighted by Crippen LogP contribution is 2.28. The van der Waals surface area contributed by atoms with Crippen LogP contribution in [0.2, 0.25) is 0 Å². The first-order valence-electron chi connectivity index (χ1n) is 6.69. The molecule has 106 valence electrons. The zero-order chi connectivity index (χ0) is 14.4. The molecule has 2 aromatic rings. The number of benzene rings is 1. The van der Waals surface area contributed by atoms with E-state index in [1.54, 1.807) is 7.11 Å². The standard InChI is InChI=1S/C16H20N2O2/c1-4-20-15-8-6-13(9-16(15)19-3)10-18-14-7-5-12(2)17-11-14/h5-9,11,18H,4,10H2,1-3H3. The van der Waals surface area contributed by atoms with Crippen molar-refractivity contribution < 1.29 is 9.47 Å². The van der Waals surface area contributed by atoms with Gasteiger partial charge in [0.15, 0.2) is 11.5 Å². The van der Waals surface area contributed by atoms with Gasteiger partial charge < -0.3 is 14.8 Å². The first-order chi connectivity index (χ1) is 9.72. The van der Waals surface area contributed by atoms with Crippen LogP contribution in [0.15, 0.2) is 36.5 Å². The Labute approximate surface area is 119 Å². The lowest BCUT2D eigenvalue weighted by atomic mass is 10.2. The SMILES string of the molecule is CCOc1ccc(CNc2ccc(C)nc2)cc1OC. The molecule has 1 aromatic carbocycles. The summed E-state index contributed by atoms with van der Waals surface area (Å²) in [5, 5.41) is 3.33. The highest BCUT2D eigenvalue weighted by molar-refractivity contribution is 5.46. The number of nitrogens with zero attached hydrogens (tertiary/aromatic N) is 1. The van der Waals surface area contributed by atoms with Gasteiger partial charge in [0.05, 0.1) is 25.6 Å². The fourth-order valence-corrected chi connectivity index (χ4v) is 1.87. The molecule has 2 rings (SSSR count). The third-order valence-corrected chi connectivity index (χ3v) is 2.94. The number of aryl methyl sites for hydroxylation is 1. The Morgan fingerprint density at radius 3 is 2.65 bits per heavy atom. The largest absolute Gasteiger partial charge is 0.493 e. The molecule has 4 nitrogen and oxygen atoms in total. The summed E-state index contributed by atoms with van der Waals surface area (Å²) in [5.41, 5.74) is 3.15. The van der Waals surface area contributed by atoms with E-state index >= 15 is 0 Å². The molecule has 1 aromatic heterocycles. The summed E-state index contributed by atoms with van der Waals surface area (Å²) in [6.07, 6.45) is 1.83. The lowest BCUT2D eigenvalue weighted by Crippen LogP contribution is -2.01. The van der Waals surface area contributed by atoms with Crippen molar-refractivity contribution in [3.63, 3.8) is 0 Å². The molecule has 20 heavy (non-hydrogen) atoms. The molecule has 4 heteroatoms. The van der Waals surface area contributed by atoms with Gasteiger partial charge in [-0.25, -0.2) is 0 Å². The van der Waals surface area contributed by atoms with Crippen LogP contribution in [0.4, 0.5) is 5.69 Å². The third kappa shape index (κ3) is 3.63. The predicted molar refractivity (Wildman–Crippen MR) is 80.5 cm³/mol. The van der Waals surface area contributed by atoms with E-state index in [1.165, 1.54) is 0 Å². The topological polar surface area (TPSA) is 43.4 Å². The number of hydrogen-bond acceptors (Lipinski definition) is 4. The number of hydrogen-bond donors (Lipinski definition) is 1. The summed E-state index contributed by atoms with van der Waals surface area (Å²) in [4.78, 5) is 4.26. The number of methoxy groups -OCH3 is 1. The molecule has 0 saturated heterocycles. The molecule has 0 unspecified atom stereocenters. The van der Waals surface area contributed by atoms with Crippen molar-refractivity contribution in [2.75, 3.05) is 19.0 Å². The van der Waals surface area contributed by atoms with Crippen molar-refractivity contribution in [1.29, 1.82) is 0 Å². The minimum atomic E-state index is 0.628. The van der Waals surface area contributed by atoms with Crippen LogP contribution in [0.3, 0.4) is 0 Å². The van der Waals surface area contributed by atoms with Gasteiger partial charge in [-0.2, -0.15) is 0 Å². The molecule has 1 heterocycles. The van der Waals surface area contributed by atoms with E-state index in [0.29, 0.717) is 13.2 Å². The van der Waals surface area contributed by atoms with Gasteiger partial charge in [-0.3, -0.25) is 4.98 Å². The predicted octanol–water partition coefficient (Wildman–Crippen LogP) is 3.41. The van der Waals surface area contributed by atoms with E-state index in [1.807, 2.05) is 50.4 Å². The molecule has 0 spiro atoms. The summed E-state index contributed by atoms with van der Waals surface area (Å²) >= 11 is 0. The molecule has 0 aliphatic rings. The number of rotatable bonds is 6. The summed E-state index contributed by atoms with van der Waals surface area (Å²) in [6, 6.07) is 9.96. The van der Waals surface area contributed by atoms with Crippen LogP contribution in [0, 0.1) is 6.92 Å². The maximum atomic E-state index is 5.50. The summed E-state index contributed by atoms with van der Waals surface area (Å²) in [6.45, 7) is 5.27. The molecule has 0 aliphatic heterocycles. The minimum absolute atomic E-state index is 0.628. The van der Waals surface area contributed by atoms with Gasteiger partial charge in [0.25, 0.3) is 0 Å². The number of nitrogens with one attached hydrogen (secondary N) is 1. The van der Waals surface area contributed by atoms with E-state index in [2.05, 4.69) is 10.3 Å². The molecular formula is C16H20N2O2. The highest BCUT2D eigenvalue weighted by atomic mass is 16.5. The Morgan fingerprint density at radius 2 is 2.00 bits per heavy atom. The summed E-state index contributed by atoms with van der Waals surface area (Å²) in [5.74, 6) is 1.53. The van der Waals surface area contributed by atoms with E-state index in [0.717, 1.165) is 28.4 Å². The van der Waals surface area contributed by atoms with Crippen LogP contribution >= 0.6 is 0 Å². The van der Waals surface area contributed by atoms with Crippen LogP contribution in [0.1, 0.15) is 18.2 Å². The van der Waals surface area contributed by atoms with Gasteiger partial charge in [-0.1, -0.05) is 6.07 Å². The molecule has 0 aliphatic carbocycles. The molecule has 0 atom stereocenters. The lowest BCUT2D eigenvalue weighted by molar-refractivity contribution is 0.310. The van der Waals surface area contributed by atoms with Gasteiger partial charge >= 0.3 is 0 Å². The number of pyridine rings is 1. The van der Waals surface area contributed by atoms with E-state index < -0.39 is 0 Å². The summed E-state index contributed by atoms with van der Waals surface area (Å²) in [7, 11) is 1.65. The van der Waals surface area contributed by atoms with Gasteiger partial charge in [0.1, 0.15) is 0 Å². The van der Waals surface area contributed by atoms with Crippen molar-refractivity contribution in [2.45, 2.75) is 20.4 Å². The van der Waals surface area contributed by atoms with Crippen LogP contribution in [-0.4, -0.2) is 18.7 Å². The Balaban J connectivity index is 2.04. The molecule has 0 bridgehead atoms. The van der Waals surface area contributed by atoms with Gasteiger partial charge in [0.2, 0.25) is 0 Å². The fraction of sp³-hybridized carbons (Fsp3) is 0.312. The van der Waals surface area contributed by atoms with E-state index in [4.69, 9.17) is 9.47 Å². The molecule has 0 fully saturated rings. The Bertz CT molecular complexity index is 553. The number of aromatic nitrogens is 1. The van der Waals surface area contributed by atoms with Crippen molar-refractivity contribution in [1.82, 2.24) is 4.98 Å². The second-order valence-electron chi connectivity index (χ2n) is 4.46. The average Bonchev–Trinajstić information content (AvgIpc) is 2.48. The molecule has 0 saturated carbocycles. The van der Waals surface area contributed by atoms with Crippen molar-refractivity contribution >= 4 is 5.69 Å². The van der Waals surface area contributed by atoms with Crippen LogP contribution in [-0.2, 0) is 6.54 Å². The highest BCUT2D eigenvalue weighted by Gasteiger charge is 2.05. The Hall–Kier alpha value is -2.23. The fourth-order valence-electron chi connectivity index (χ4n) is 1.87. The first kappa shape index (κ1) is 14.2. The quantitative estimate of drug-likeness (QED) is 0.875. The maximum Gasteiger partial charge on any atom is 0.161 e. The normalized spacial score (nSPS) is 10.2. The smallest absolute Gasteiger partial charge is 0.161 e. The molecule has 0 radical (unpaired) electrons. The van der Waals surface area contributed by atoms with E-state index in [-0.39, 0.29) is 0 Å². The maximum absolute atomic E-state index is 5.50. The number of ether oxygens (including phenoxy) is 2. The van der Waals surface area contributed by atoms with Gasteiger partial charge in [-0.05, 0) is 43.7 Å². The van der Waals surface area contributed by atoms with Gasteiger partial charge in [-0.15, -0.1) is 0 Å². The van der Waals surface area contributed by atoms with E-state index in [9.17, 15) is 0 Å². The minimum Gasteiger partial charge on any atom is -0.493 e. The molecule has 1 N–H and O–H groups in total. The van der Waals surface area contributed by atoms with Crippen molar-refractivity contribution in [3.05, 3.63) is 47.8 Å². The second-order valence-corrected chi connectivity index (χ2v) is 4.46.